The maximum Gasteiger partial charge on any atom is 0.328 e. The Morgan fingerprint density at radius 2 is 0.832 bits per heavy atom. The number of hydrogen-bond donors (Lipinski definition) is 26. The molecule has 53 heteroatoms. The summed E-state index contributed by atoms with van der Waals surface area (Å²) in [7, 11) is 0. The van der Waals surface area contributed by atoms with Gasteiger partial charge in [-0.05, 0) is 146 Å². The number of nitrogens with one attached hydrogen (secondary N) is 16. The Balaban J connectivity index is 1.47. The summed E-state index contributed by atoms with van der Waals surface area (Å²) in [5, 5.41) is 106. The number of carbonyl (C=O) groups is 23. The quantitative estimate of drug-likeness (QED) is 0.0269. The second kappa shape index (κ2) is 60.3. The Kier molecular flexibility index (Phi) is 51.5. The van der Waals surface area contributed by atoms with Gasteiger partial charge in [-0.1, -0.05) is 75.7 Å². The van der Waals surface area contributed by atoms with Crippen molar-refractivity contribution in [2.75, 3.05) is 45.9 Å². The number of aromatic nitrogens is 2. The van der Waals surface area contributed by atoms with Gasteiger partial charge < -0.3 is 152 Å². The number of likely N-dealkylation sites (tertiary alicyclic amines) is 3. The molecule has 3 aliphatic heterocycles. The first-order valence-electron chi connectivity index (χ1n) is 48.1. The van der Waals surface area contributed by atoms with Crippen LogP contribution in [0.1, 0.15) is 217 Å². The lowest BCUT2D eigenvalue weighted by Crippen LogP contribution is -2.61. The maximum absolute atomic E-state index is 14.6. The van der Waals surface area contributed by atoms with Gasteiger partial charge in [0, 0.05) is 57.2 Å². The van der Waals surface area contributed by atoms with Crippen LogP contribution in [0.15, 0.2) is 12.5 Å². The molecule has 0 bridgehead atoms. The second-order valence-electron chi connectivity index (χ2n) is 37.7. The maximum atomic E-state index is 14.6. The number of amides is 19. The van der Waals surface area contributed by atoms with E-state index in [1.807, 2.05) is 0 Å². The van der Waals surface area contributed by atoms with E-state index < -0.39 is 333 Å². The number of aliphatic carboxylic acids is 4. The van der Waals surface area contributed by atoms with Crippen LogP contribution in [0.4, 0.5) is 0 Å². The van der Waals surface area contributed by atoms with Gasteiger partial charge in [-0.25, -0.2) is 9.78 Å². The zero-order valence-electron chi connectivity index (χ0n) is 82.9. The number of carbonyl (C=O) groups excluding carboxylic acids is 19. The molecular weight excluding hydrogens is 1880 g/mol. The van der Waals surface area contributed by atoms with Gasteiger partial charge in [0.25, 0.3) is 0 Å². The molecule has 1 aromatic heterocycles. The number of unbranched alkanes of at least 4 members (excludes halogenated alkanes) is 1. The van der Waals surface area contributed by atoms with E-state index in [0.29, 0.717) is 25.0 Å². The van der Waals surface area contributed by atoms with Crippen molar-refractivity contribution in [3.63, 3.8) is 0 Å². The highest BCUT2D eigenvalue weighted by Crippen LogP contribution is 2.28. The minimum Gasteiger partial charge on any atom is -0.481 e. The van der Waals surface area contributed by atoms with Crippen molar-refractivity contribution in [2.45, 2.75) is 333 Å². The number of rotatable bonds is 63. The summed E-state index contributed by atoms with van der Waals surface area (Å²) in [4.78, 5) is 325. The van der Waals surface area contributed by atoms with Crippen LogP contribution in [-0.2, 0) is 117 Å². The summed E-state index contributed by atoms with van der Waals surface area (Å²) < 4.78 is 0. The van der Waals surface area contributed by atoms with Gasteiger partial charge in [0.15, 0.2) is 6.04 Å². The van der Waals surface area contributed by atoms with E-state index in [2.05, 4.69) is 89.7 Å². The minimum absolute atomic E-state index is 0.0401. The summed E-state index contributed by atoms with van der Waals surface area (Å²) in [6, 6.07) is -27.8. The van der Waals surface area contributed by atoms with Crippen molar-refractivity contribution < 1.29 is 146 Å². The molecule has 19 amide bonds. The van der Waals surface area contributed by atoms with Crippen LogP contribution >= 0.6 is 0 Å². The molecule has 53 nitrogen and oxygen atoms in total. The first-order valence-corrected chi connectivity index (χ1v) is 48.1. The van der Waals surface area contributed by atoms with Gasteiger partial charge in [-0.3, -0.25) is 105 Å². The number of H-pyrrole nitrogens is 1. The number of nitrogens with two attached hydrogens (primary N) is 3. The minimum atomic E-state index is -1.90. The number of carboxylic acid groups (broad SMARTS) is 4. The van der Waals surface area contributed by atoms with Crippen molar-refractivity contribution >= 4 is 136 Å². The summed E-state index contributed by atoms with van der Waals surface area (Å²) >= 11 is 0. The molecule has 0 aliphatic carbocycles. The summed E-state index contributed by atoms with van der Waals surface area (Å²) in [6.45, 7) is 16.0. The molecule has 0 aromatic carbocycles. The molecule has 0 radical (unpaired) electrons. The molecule has 0 spiro atoms. The van der Waals surface area contributed by atoms with Crippen LogP contribution in [0.5, 0.6) is 0 Å². The van der Waals surface area contributed by atoms with Crippen LogP contribution in [0.2, 0.25) is 0 Å². The topological polar surface area (TPSA) is 831 Å². The number of primary amides is 1. The van der Waals surface area contributed by atoms with E-state index in [4.69, 9.17) is 17.2 Å². The van der Waals surface area contributed by atoms with E-state index in [1.54, 1.807) is 62.3 Å². The average molecular weight is 2030 g/mol. The third-order valence-corrected chi connectivity index (χ3v) is 24.2. The third-order valence-electron chi connectivity index (χ3n) is 24.2. The lowest BCUT2D eigenvalue weighted by Gasteiger charge is -2.32. The van der Waals surface area contributed by atoms with Crippen molar-refractivity contribution in [1.82, 2.24) is 104 Å². The number of aromatic amines is 1. The van der Waals surface area contributed by atoms with E-state index >= 15 is 0 Å². The van der Waals surface area contributed by atoms with Crippen LogP contribution in [0.25, 0.3) is 0 Å². The monoisotopic (exact) mass is 2030 g/mol. The Morgan fingerprint density at radius 1 is 0.434 bits per heavy atom. The highest BCUT2D eigenvalue weighted by Gasteiger charge is 2.47. The fourth-order valence-corrected chi connectivity index (χ4v) is 16.2. The second-order valence-corrected chi connectivity index (χ2v) is 37.7. The number of imidazole rings is 1. The van der Waals surface area contributed by atoms with Gasteiger partial charge in [0.2, 0.25) is 112 Å². The zero-order chi connectivity index (χ0) is 108. The largest absolute Gasteiger partial charge is 0.481 e. The Hall–Kier alpha value is -13.2. The van der Waals surface area contributed by atoms with Gasteiger partial charge in [0.1, 0.15) is 103 Å². The molecular formula is C90H147N23O30. The standard InChI is InChI=1S/C90H147N23O30/c1-13-47(10)71(109-77(129)55(25-28-69(123)124)100-80(132)59(36-50-38-94-42-96-50)104-83(135)62-20-17-31-112(62)89(141)64-22-18-32-113(64)87(139)51(92)40-114)86(138)101-54(24-27-68(121)122)76(128)102-56(33-43(2)3)79(131)107-61(41-115)82(134)97-48(11)73(125)95-39-66(118)98-53(23-26-67(119)120)75(127)99-52(19-14-15-29-91)74(126)103-58(35-45(6)7)81(133)108-70(46(8)9)85(137)105-57(34-44(4)5)78(130)106-60(37-65(93)117)88(140)111-30-16-21-63(111)84(136)110-72(49(12)116)90(142)143/h38,42-49,51-64,70-72,114-116H,13-37,39-41,91-92H2,1-12H3,(H2,93,117)(H,94,96)(H,95,125)(H,97,134)(H,98,118)(H,99,127)(H,100,132)(H,101,138)(H,102,128)(H,103,126)(H,104,135)(H,105,137)(H,106,130)(H,107,131)(H,108,133)(H,109,129)(H,110,136)(H,119,120)(H,121,122)(H,123,124)(H,142,143)/t47-,48-,49+,51-,52-,53-,54-,55-,56-,57-,58-,59-,60-,61-,62-,63-,64-,70-,71-,72-/m0/s1. The number of carboxylic acids is 4. The summed E-state index contributed by atoms with van der Waals surface area (Å²) in [5.41, 5.74) is 17.4. The fraction of sp³-hybridized carbons (Fsp3) is 0.711. The van der Waals surface area contributed by atoms with E-state index in [1.165, 1.54) is 29.2 Å². The number of aliphatic hydroxyl groups is 3. The Bertz CT molecular complexity index is 4580. The molecule has 3 aliphatic rings. The number of aliphatic hydroxyl groups excluding tert-OH is 3. The van der Waals surface area contributed by atoms with Crippen LogP contribution in [0, 0.1) is 29.6 Å². The SMILES string of the molecule is CC[C@H](C)[C@H](NC(=O)[C@H](CCC(=O)O)NC(=O)[C@H](Cc1cnc[nH]1)NC(=O)[C@@H]1CCCN1C(=O)[C@@H]1CCCN1C(=O)[C@@H](N)CO)C(=O)N[C@@H](CCC(=O)O)C(=O)N[C@@H](CC(C)C)C(=O)N[C@@H](CO)C(=O)N[C@@H](C)C(=O)NCC(=O)N[C@@H](CCC(=O)O)C(=O)N[C@@H](CCCCN)C(=O)N[C@@H](CC(C)C)C(=O)N[C@H](C(=O)N[C@@H](CC(C)C)C(=O)N[C@@H](CC(N)=O)C(=O)N1CCC[C@H]1C(=O)N[C@H](C(=O)O)[C@@H](C)O)C(C)C. The predicted molar refractivity (Wildman–Crippen MR) is 504 cm³/mol. The molecule has 143 heavy (non-hydrogen) atoms. The van der Waals surface area contributed by atoms with Crippen LogP contribution in [0.3, 0.4) is 0 Å². The van der Waals surface area contributed by atoms with Gasteiger partial charge in [-0.2, -0.15) is 0 Å². The molecule has 0 saturated carbocycles. The van der Waals surface area contributed by atoms with Crippen molar-refractivity contribution in [3.05, 3.63) is 18.2 Å². The summed E-state index contributed by atoms with van der Waals surface area (Å²) in [5.74, 6) is -27.6. The lowest BCUT2D eigenvalue weighted by atomic mass is 9.96. The average Bonchev–Trinajstić information content (AvgIpc) is 1.65. The van der Waals surface area contributed by atoms with E-state index in [-0.39, 0.29) is 109 Å². The third kappa shape index (κ3) is 40.3. The Labute approximate surface area is 826 Å². The zero-order valence-corrected chi connectivity index (χ0v) is 82.9. The molecule has 3 fully saturated rings. The number of nitrogens with zero attached hydrogens (tertiary/aromatic N) is 4. The molecule has 802 valence electrons. The molecule has 1 aromatic rings. The Morgan fingerprint density at radius 3 is 1.28 bits per heavy atom. The first kappa shape index (κ1) is 122. The fourth-order valence-electron chi connectivity index (χ4n) is 16.2. The highest BCUT2D eigenvalue weighted by molar-refractivity contribution is 6.03. The summed E-state index contributed by atoms with van der Waals surface area (Å²) in [6.07, 6.45) is -2.74. The van der Waals surface area contributed by atoms with Gasteiger partial charge >= 0.3 is 23.9 Å². The van der Waals surface area contributed by atoms with Crippen molar-refractivity contribution in [1.29, 1.82) is 0 Å². The van der Waals surface area contributed by atoms with Crippen LogP contribution < -0.4 is 97.0 Å². The van der Waals surface area contributed by atoms with Crippen molar-refractivity contribution in [2.24, 2.45) is 46.8 Å². The van der Waals surface area contributed by atoms with Gasteiger partial charge in [0.05, 0.1) is 38.6 Å². The van der Waals surface area contributed by atoms with Gasteiger partial charge in [-0.15, -0.1) is 0 Å². The smallest absolute Gasteiger partial charge is 0.328 e. The highest BCUT2D eigenvalue weighted by atomic mass is 16.4. The van der Waals surface area contributed by atoms with E-state index in [0.717, 1.165) is 18.7 Å². The first-order chi connectivity index (χ1) is 67.2. The number of hydrogen-bond acceptors (Lipinski definition) is 29. The van der Waals surface area contributed by atoms with Crippen molar-refractivity contribution in [3.8, 4) is 0 Å². The predicted octanol–water partition coefficient (Wildman–Crippen LogP) is -7.93. The normalized spacial score (nSPS) is 18.1. The van der Waals surface area contributed by atoms with E-state index in [9.17, 15) is 146 Å². The lowest BCUT2D eigenvalue weighted by molar-refractivity contribution is -0.147. The molecule has 3 saturated heterocycles. The molecule has 20 atom stereocenters. The molecule has 29 N–H and O–H groups in total. The molecule has 4 rings (SSSR count). The molecule has 4 heterocycles. The molecule has 0 unspecified atom stereocenters. The van der Waals surface area contributed by atoms with Crippen LogP contribution in [-0.4, -0.2) is 357 Å².